The van der Waals surface area contributed by atoms with Crippen LogP contribution in [0.15, 0.2) is 11.6 Å². The van der Waals surface area contributed by atoms with Crippen molar-refractivity contribution < 1.29 is 19.4 Å². The maximum Gasteiger partial charge on any atom is 0.330 e. The smallest absolute Gasteiger partial charge is 0.330 e. The molecule has 0 bridgehead atoms. The number of rotatable bonds is 4. The predicted molar refractivity (Wildman–Crippen MR) is 42.6 cm³/mol. The van der Waals surface area contributed by atoms with Gasteiger partial charge in [-0.15, -0.1) is 0 Å². The summed E-state index contributed by atoms with van der Waals surface area (Å²) in [6.45, 7) is 3.57. The lowest BCUT2D eigenvalue weighted by atomic mass is 10.2. The molecule has 0 aromatic carbocycles. The van der Waals surface area contributed by atoms with E-state index in [9.17, 15) is 9.59 Å². The standard InChI is InChI=1S/C8H12O4/c1-3-12-8(11)5-6(2)4-7(9)10/h5H,3-4H2,1-2H3,(H,9,10)/b6-5+. The summed E-state index contributed by atoms with van der Waals surface area (Å²) in [6.07, 6.45) is 1.07. The van der Waals surface area contributed by atoms with Gasteiger partial charge in [0, 0.05) is 6.08 Å². The van der Waals surface area contributed by atoms with Gasteiger partial charge in [-0.05, 0) is 13.8 Å². The van der Waals surface area contributed by atoms with Crippen LogP contribution in [0, 0.1) is 0 Å². The third-order valence-electron chi connectivity index (χ3n) is 1.08. The van der Waals surface area contributed by atoms with E-state index in [1.165, 1.54) is 6.08 Å². The Kier molecular flexibility index (Phi) is 4.76. The average Bonchev–Trinajstić information content (AvgIpc) is 1.84. The van der Waals surface area contributed by atoms with Crippen LogP contribution >= 0.6 is 0 Å². The Hall–Kier alpha value is -1.32. The van der Waals surface area contributed by atoms with Crippen molar-refractivity contribution in [2.45, 2.75) is 20.3 Å². The molecular weight excluding hydrogens is 160 g/mol. The normalized spacial score (nSPS) is 11.0. The number of carbonyl (C=O) groups is 2. The Morgan fingerprint density at radius 3 is 2.50 bits per heavy atom. The van der Waals surface area contributed by atoms with Gasteiger partial charge in [-0.1, -0.05) is 5.57 Å². The number of carboxylic acid groups (broad SMARTS) is 1. The molecule has 0 amide bonds. The monoisotopic (exact) mass is 172 g/mol. The molecule has 0 fully saturated rings. The lowest BCUT2D eigenvalue weighted by Crippen LogP contribution is -2.02. The summed E-state index contributed by atoms with van der Waals surface area (Å²) in [4.78, 5) is 20.9. The maximum atomic E-state index is 10.7. The quantitative estimate of drug-likeness (QED) is 0.507. The van der Waals surface area contributed by atoms with Gasteiger partial charge >= 0.3 is 11.9 Å². The number of carbonyl (C=O) groups excluding carboxylic acids is 1. The first-order valence-electron chi connectivity index (χ1n) is 3.62. The van der Waals surface area contributed by atoms with Crippen LogP contribution in [0.5, 0.6) is 0 Å². The molecule has 68 valence electrons. The number of aliphatic carboxylic acids is 1. The van der Waals surface area contributed by atoms with E-state index in [0.717, 1.165) is 0 Å². The summed E-state index contributed by atoms with van der Waals surface area (Å²) in [5.74, 6) is -1.44. The van der Waals surface area contributed by atoms with Crippen LogP contribution in [0.1, 0.15) is 20.3 Å². The first kappa shape index (κ1) is 10.7. The fourth-order valence-corrected chi connectivity index (χ4v) is 0.675. The molecule has 0 spiro atoms. The van der Waals surface area contributed by atoms with E-state index in [-0.39, 0.29) is 6.42 Å². The van der Waals surface area contributed by atoms with Gasteiger partial charge in [-0.3, -0.25) is 4.79 Å². The van der Waals surface area contributed by atoms with Gasteiger partial charge in [0.2, 0.25) is 0 Å². The summed E-state index contributed by atoms with van der Waals surface area (Å²) in [6, 6.07) is 0. The van der Waals surface area contributed by atoms with Crippen LogP contribution in [-0.4, -0.2) is 23.7 Å². The van der Waals surface area contributed by atoms with Crippen molar-refractivity contribution in [3.8, 4) is 0 Å². The van der Waals surface area contributed by atoms with Gasteiger partial charge in [-0.2, -0.15) is 0 Å². The molecule has 4 heteroatoms. The Bertz CT molecular complexity index is 205. The zero-order chi connectivity index (χ0) is 9.56. The maximum absolute atomic E-state index is 10.7. The molecule has 0 rings (SSSR count). The van der Waals surface area contributed by atoms with Crippen LogP contribution in [-0.2, 0) is 14.3 Å². The Morgan fingerprint density at radius 2 is 2.08 bits per heavy atom. The summed E-state index contributed by atoms with van der Waals surface area (Å²) in [5.41, 5.74) is 0.487. The second-order valence-electron chi connectivity index (χ2n) is 2.31. The number of ether oxygens (including phenoxy) is 1. The van der Waals surface area contributed by atoms with Gasteiger partial charge in [0.05, 0.1) is 13.0 Å². The van der Waals surface area contributed by atoms with Gasteiger partial charge in [0.15, 0.2) is 0 Å². The number of carboxylic acids is 1. The predicted octanol–water partition coefficient (Wildman–Crippen LogP) is 0.970. The molecule has 4 nitrogen and oxygen atoms in total. The number of esters is 1. The zero-order valence-electron chi connectivity index (χ0n) is 7.16. The molecule has 0 heterocycles. The molecule has 0 saturated carbocycles. The largest absolute Gasteiger partial charge is 0.481 e. The lowest BCUT2D eigenvalue weighted by Gasteiger charge is -1.97. The molecule has 0 atom stereocenters. The van der Waals surface area contributed by atoms with Crippen molar-refractivity contribution in [3.63, 3.8) is 0 Å². The van der Waals surface area contributed by atoms with E-state index >= 15 is 0 Å². The molecule has 0 saturated heterocycles. The second-order valence-corrected chi connectivity index (χ2v) is 2.31. The molecule has 0 aliphatic heterocycles. The topological polar surface area (TPSA) is 63.6 Å². The highest BCUT2D eigenvalue weighted by Gasteiger charge is 2.01. The molecular formula is C8H12O4. The summed E-state index contributed by atoms with van der Waals surface area (Å²) >= 11 is 0. The minimum Gasteiger partial charge on any atom is -0.481 e. The zero-order valence-corrected chi connectivity index (χ0v) is 7.16. The van der Waals surface area contributed by atoms with E-state index in [1.807, 2.05) is 0 Å². The molecule has 0 radical (unpaired) electrons. The van der Waals surface area contributed by atoms with Gasteiger partial charge < -0.3 is 9.84 Å². The molecule has 0 aromatic rings. The van der Waals surface area contributed by atoms with Crippen molar-refractivity contribution in [3.05, 3.63) is 11.6 Å². The molecule has 1 N–H and O–H groups in total. The summed E-state index contributed by atoms with van der Waals surface area (Å²) < 4.78 is 4.59. The first-order chi connectivity index (χ1) is 5.56. The Labute approximate surface area is 70.8 Å². The summed E-state index contributed by atoms with van der Waals surface area (Å²) in [5, 5.41) is 8.33. The Morgan fingerprint density at radius 1 is 1.50 bits per heavy atom. The minimum absolute atomic E-state index is 0.126. The SMILES string of the molecule is CCOC(=O)/C=C(\C)CC(=O)O. The van der Waals surface area contributed by atoms with Crippen LogP contribution < -0.4 is 0 Å². The van der Waals surface area contributed by atoms with E-state index in [4.69, 9.17) is 5.11 Å². The Balaban J connectivity index is 3.97. The van der Waals surface area contributed by atoms with Gasteiger partial charge in [-0.25, -0.2) is 4.79 Å². The van der Waals surface area contributed by atoms with E-state index in [2.05, 4.69) is 4.74 Å². The highest BCUT2D eigenvalue weighted by atomic mass is 16.5. The van der Waals surface area contributed by atoms with Crippen LogP contribution in [0.25, 0.3) is 0 Å². The third-order valence-corrected chi connectivity index (χ3v) is 1.08. The van der Waals surface area contributed by atoms with Crippen molar-refractivity contribution in [1.29, 1.82) is 0 Å². The van der Waals surface area contributed by atoms with Crippen LogP contribution in [0.3, 0.4) is 0 Å². The fraction of sp³-hybridized carbons (Fsp3) is 0.500. The van der Waals surface area contributed by atoms with Gasteiger partial charge in [0.25, 0.3) is 0 Å². The second kappa shape index (κ2) is 5.35. The fourth-order valence-electron chi connectivity index (χ4n) is 0.675. The van der Waals surface area contributed by atoms with E-state index < -0.39 is 11.9 Å². The van der Waals surface area contributed by atoms with E-state index in [1.54, 1.807) is 13.8 Å². The van der Waals surface area contributed by atoms with Crippen molar-refractivity contribution in [2.75, 3.05) is 6.61 Å². The minimum atomic E-state index is -0.951. The molecule has 0 unspecified atom stereocenters. The molecule has 0 aliphatic rings. The van der Waals surface area contributed by atoms with Crippen LogP contribution in [0.4, 0.5) is 0 Å². The molecule has 0 aliphatic carbocycles. The summed E-state index contributed by atoms with van der Waals surface area (Å²) in [7, 11) is 0. The first-order valence-corrected chi connectivity index (χ1v) is 3.62. The average molecular weight is 172 g/mol. The lowest BCUT2D eigenvalue weighted by molar-refractivity contribution is -0.137. The molecule has 0 aromatic heterocycles. The number of hydrogen-bond acceptors (Lipinski definition) is 3. The number of hydrogen-bond donors (Lipinski definition) is 1. The highest BCUT2D eigenvalue weighted by Crippen LogP contribution is 1.99. The molecule has 12 heavy (non-hydrogen) atoms. The van der Waals surface area contributed by atoms with Gasteiger partial charge in [0.1, 0.15) is 0 Å². The third kappa shape index (κ3) is 5.46. The van der Waals surface area contributed by atoms with Crippen LogP contribution in [0.2, 0.25) is 0 Å². The van der Waals surface area contributed by atoms with Crippen molar-refractivity contribution >= 4 is 11.9 Å². The van der Waals surface area contributed by atoms with E-state index in [0.29, 0.717) is 12.2 Å². The van der Waals surface area contributed by atoms with Crippen molar-refractivity contribution in [1.82, 2.24) is 0 Å². The highest BCUT2D eigenvalue weighted by molar-refractivity contribution is 5.84. The van der Waals surface area contributed by atoms with Crippen molar-refractivity contribution in [2.24, 2.45) is 0 Å².